The first kappa shape index (κ1) is 26.9. The highest BCUT2D eigenvalue weighted by Crippen LogP contribution is 2.36. The standard InChI is InChI=1S/C26H33N3O7S/c1-35-20-6-4-19(5-7-20)24(30)28-23(18-2-3-18)12-17-36-21-8-10-22(11-9-21)37(33,34)26(25(27)31)13-15-29(32)16-14-26/h4-11,18,23,32H,2-3,12-17H2,1H3,(H2,27,31)(H,28,30). The number of nitrogens with two attached hydrogens (primary N) is 1. The SMILES string of the molecule is COc1ccc(C(=O)NC(CCOc2ccc(S(=O)(=O)C3(C(N)=O)CCN(O)CC3)cc2)C2CC2)cc1. The molecule has 1 aliphatic carbocycles. The molecule has 4 rings (SSSR count). The van der Waals surface area contributed by atoms with Crippen molar-refractivity contribution in [3.63, 3.8) is 0 Å². The topological polar surface area (TPSA) is 148 Å². The summed E-state index contributed by atoms with van der Waals surface area (Å²) in [5.74, 6) is 0.512. The number of carbonyl (C=O) groups excluding carboxylic acids is 2. The lowest BCUT2D eigenvalue weighted by atomic mass is 9.96. The van der Waals surface area contributed by atoms with Crippen LogP contribution in [0.3, 0.4) is 0 Å². The maximum Gasteiger partial charge on any atom is 0.251 e. The molecule has 0 radical (unpaired) electrons. The summed E-state index contributed by atoms with van der Waals surface area (Å²) < 4.78 is 35.9. The number of hydrogen-bond donors (Lipinski definition) is 3. The van der Waals surface area contributed by atoms with Crippen LogP contribution >= 0.6 is 0 Å². The van der Waals surface area contributed by atoms with Gasteiger partial charge in [0.1, 0.15) is 11.5 Å². The molecule has 1 aliphatic heterocycles. The average Bonchev–Trinajstić information content (AvgIpc) is 3.74. The van der Waals surface area contributed by atoms with Gasteiger partial charge in [-0.15, -0.1) is 0 Å². The first-order valence-corrected chi connectivity index (χ1v) is 13.8. The Labute approximate surface area is 216 Å². The van der Waals surface area contributed by atoms with Crippen molar-refractivity contribution >= 4 is 21.7 Å². The summed E-state index contributed by atoms with van der Waals surface area (Å²) in [6, 6.07) is 12.8. The van der Waals surface area contributed by atoms with Crippen LogP contribution in [0.25, 0.3) is 0 Å². The third-order valence-electron chi connectivity index (χ3n) is 7.20. The molecular weight excluding hydrogens is 498 g/mol. The molecule has 37 heavy (non-hydrogen) atoms. The second-order valence-corrected chi connectivity index (χ2v) is 11.8. The monoisotopic (exact) mass is 531 g/mol. The predicted molar refractivity (Wildman–Crippen MR) is 135 cm³/mol. The van der Waals surface area contributed by atoms with E-state index in [0.29, 0.717) is 36.0 Å². The Morgan fingerprint density at radius 1 is 1.08 bits per heavy atom. The lowest BCUT2D eigenvalue weighted by Crippen LogP contribution is -2.56. The minimum Gasteiger partial charge on any atom is -0.497 e. The van der Waals surface area contributed by atoms with Crippen molar-refractivity contribution < 1.29 is 32.7 Å². The number of sulfone groups is 1. The van der Waals surface area contributed by atoms with Crippen molar-refractivity contribution in [1.29, 1.82) is 0 Å². The number of amides is 2. The number of carbonyl (C=O) groups is 2. The van der Waals surface area contributed by atoms with Crippen LogP contribution in [-0.2, 0) is 14.6 Å². The van der Waals surface area contributed by atoms with Crippen molar-refractivity contribution in [3.8, 4) is 11.5 Å². The zero-order chi connectivity index (χ0) is 26.6. The van der Waals surface area contributed by atoms with E-state index < -0.39 is 20.5 Å². The summed E-state index contributed by atoms with van der Waals surface area (Å²) in [6.45, 7) is 0.425. The summed E-state index contributed by atoms with van der Waals surface area (Å²) in [6.07, 6.45) is 2.55. The van der Waals surface area contributed by atoms with Crippen molar-refractivity contribution in [3.05, 3.63) is 54.1 Å². The van der Waals surface area contributed by atoms with Crippen LogP contribution in [0.4, 0.5) is 0 Å². The van der Waals surface area contributed by atoms with Crippen LogP contribution in [0.5, 0.6) is 11.5 Å². The van der Waals surface area contributed by atoms with Gasteiger partial charge in [0.25, 0.3) is 5.91 Å². The fourth-order valence-electron chi connectivity index (χ4n) is 4.67. The number of rotatable bonds is 11. The van der Waals surface area contributed by atoms with Crippen molar-refractivity contribution in [2.75, 3.05) is 26.8 Å². The van der Waals surface area contributed by atoms with Gasteiger partial charge in [-0.2, -0.15) is 5.06 Å². The Balaban J connectivity index is 1.35. The summed E-state index contributed by atoms with van der Waals surface area (Å²) in [5.41, 5.74) is 6.09. The zero-order valence-corrected chi connectivity index (χ0v) is 21.6. The lowest BCUT2D eigenvalue weighted by molar-refractivity contribution is -0.131. The van der Waals surface area contributed by atoms with Gasteiger partial charge in [-0.3, -0.25) is 9.59 Å². The molecule has 10 nitrogen and oxygen atoms in total. The van der Waals surface area contributed by atoms with E-state index >= 15 is 0 Å². The Morgan fingerprint density at radius 3 is 2.22 bits per heavy atom. The number of hydroxylamine groups is 2. The highest BCUT2D eigenvalue weighted by atomic mass is 32.2. The van der Waals surface area contributed by atoms with Gasteiger partial charge < -0.3 is 25.7 Å². The van der Waals surface area contributed by atoms with E-state index in [0.717, 1.165) is 17.9 Å². The second kappa shape index (κ2) is 11.1. The first-order valence-electron chi connectivity index (χ1n) is 12.3. The number of piperidine rings is 1. The van der Waals surface area contributed by atoms with E-state index in [9.17, 15) is 23.2 Å². The molecule has 200 valence electrons. The quantitative estimate of drug-likeness (QED) is 0.400. The van der Waals surface area contributed by atoms with Gasteiger partial charge in [0.15, 0.2) is 14.6 Å². The van der Waals surface area contributed by atoms with Gasteiger partial charge in [0.05, 0.1) is 18.6 Å². The van der Waals surface area contributed by atoms with Crippen LogP contribution in [0.15, 0.2) is 53.4 Å². The second-order valence-electron chi connectivity index (χ2n) is 9.57. The number of benzene rings is 2. The molecule has 4 N–H and O–H groups in total. The van der Waals surface area contributed by atoms with Gasteiger partial charge in [0.2, 0.25) is 5.91 Å². The number of nitrogens with one attached hydrogen (secondary N) is 1. The molecule has 1 heterocycles. The van der Waals surface area contributed by atoms with Gasteiger partial charge in [0, 0.05) is 31.1 Å². The largest absolute Gasteiger partial charge is 0.497 e. The maximum atomic E-state index is 13.3. The third-order valence-corrected chi connectivity index (χ3v) is 9.73. The van der Waals surface area contributed by atoms with E-state index in [2.05, 4.69) is 5.32 Å². The molecule has 2 aromatic carbocycles. The van der Waals surface area contributed by atoms with Crippen molar-refractivity contribution in [2.24, 2.45) is 11.7 Å². The molecule has 1 saturated heterocycles. The van der Waals surface area contributed by atoms with Crippen molar-refractivity contribution in [1.82, 2.24) is 10.4 Å². The van der Waals surface area contributed by atoms with Gasteiger partial charge >= 0.3 is 0 Å². The molecule has 2 amide bonds. The highest BCUT2D eigenvalue weighted by molar-refractivity contribution is 7.93. The van der Waals surface area contributed by atoms with Crippen LogP contribution in [0.1, 0.15) is 42.5 Å². The summed E-state index contributed by atoms with van der Waals surface area (Å²) in [4.78, 5) is 24.9. The van der Waals surface area contributed by atoms with Gasteiger partial charge in [-0.1, -0.05) is 0 Å². The average molecular weight is 532 g/mol. The Hall–Kier alpha value is -3.15. The molecule has 11 heteroatoms. The van der Waals surface area contributed by atoms with E-state index in [1.165, 1.54) is 12.1 Å². The predicted octanol–water partition coefficient (Wildman–Crippen LogP) is 2.16. The number of methoxy groups -OCH3 is 1. The number of primary amides is 1. The van der Waals surface area contributed by atoms with Crippen LogP contribution in [-0.4, -0.2) is 68.1 Å². The summed E-state index contributed by atoms with van der Waals surface area (Å²) >= 11 is 0. The molecule has 0 spiro atoms. The molecule has 0 aromatic heterocycles. The Morgan fingerprint density at radius 2 is 1.68 bits per heavy atom. The van der Waals surface area contributed by atoms with Crippen LogP contribution < -0.4 is 20.5 Å². The molecule has 2 fully saturated rings. The molecular formula is C26H33N3O7S. The first-order chi connectivity index (χ1) is 17.7. The molecule has 2 aromatic rings. The zero-order valence-electron chi connectivity index (χ0n) is 20.8. The smallest absolute Gasteiger partial charge is 0.251 e. The molecule has 1 unspecified atom stereocenters. The highest BCUT2D eigenvalue weighted by Gasteiger charge is 2.51. The van der Waals surface area contributed by atoms with Crippen molar-refractivity contribution in [2.45, 2.75) is 47.8 Å². The molecule has 0 bridgehead atoms. The number of nitrogens with zero attached hydrogens (tertiary/aromatic N) is 1. The minimum atomic E-state index is -4.07. The lowest BCUT2D eigenvalue weighted by Gasteiger charge is -2.36. The maximum absolute atomic E-state index is 13.3. The Bertz CT molecular complexity index is 1200. The number of hydrogen-bond acceptors (Lipinski definition) is 8. The van der Waals surface area contributed by atoms with Gasteiger partial charge in [-0.25, -0.2) is 8.42 Å². The fourth-order valence-corrected chi connectivity index (χ4v) is 6.60. The van der Waals surface area contributed by atoms with Crippen LogP contribution in [0, 0.1) is 5.92 Å². The summed E-state index contributed by atoms with van der Waals surface area (Å²) in [7, 11) is -2.49. The normalized spacial score (nSPS) is 18.5. The number of ether oxygens (including phenoxy) is 2. The van der Waals surface area contributed by atoms with E-state index in [-0.39, 0.29) is 42.8 Å². The third kappa shape index (κ3) is 5.89. The molecule has 1 saturated carbocycles. The molecule has 1 atom stereocenters. The van der Waals surface area contributed by atoms with Gasteiger partial charge in [-0.05, 0) is 80.1 Å². The van der Waals surface area contributed by atoms with E-state index in [1.807, 2.05) is 0 Å². The van der Waals surface area contributed by atoms with E-state index in [1.54, 1.807) is 43.5 Å². The summed E-state index contributed by atoms with van der Waals surface area (Å²) in [5, 5.41) is 13.7. The van der Waals surface area contributed by atoms with Crippen LogP contribution in [0.2, 0.25) is 0 Å². The van der Waals surface area contributed by atoms with E-state index in [4.69, 9.17) is 15.2 Å². The minimum absolute atomic E-state index is 0.0207. The molecule has 2 aliphatic rings. The Kier molecular flexibility index (Phi) is 8.05. The fraction of sp³-hybridized carbons (Fsp3) is 0.462.